The smallest absolute Gasteiger partial charge is 0.277 e. The van der Waals surface area contributed by atoms with Crippen molar-refractivity contribution in [1.29, 1.82) is 0 Å². The van der Waals surface area contributed by atoms with Crippen LogP contribution in [0, 0.1) is 12.7 Å². The van der Waals surface area contributed by atoms with Crippen LogP contribution in [0.4, 0.5) is 9.52 Å². The van der Waals surface area contributed by atoms with Gasteiger partial charge in [-0.05, 0) is 61.5 Å². The van der Waals surface area contributed by atoms with Crippen molar-refractivity contribution in [1.82, 2.24) is 14.8 Å². The van der Waals surface area contributed by atoms with E-state index in [-0.39, 0.29) is 17.4 Å². The molecular weight excluding hydrogens is 391 g/mol. The molecule has 0 aliphatic rings. The monoisotopic (exact) mass is 408 g/mol. The zero-order chi connectivity index (χ0) is 20.4. The highest BCUT2D eigenvalue weighted by Gasteiger charge is 2.15. The van der Waals surface area contributed by atoms with E-state index in [9.17, 15) is 9.18 Å². The average molecular weight is 408 g/mol. The number of ether oxygens (including phenoxy) is 1. The van der Waals surface area contributed by atoms with E-state index in [2.05, 4.69) is 15.4 Å². The molecule has 4 rings (SSSR count). The number of anilines is 1. The van der Waals surface area contributed by atoms with Crippen LogP contribution in [-0.2, 0) is 0 Å². The van der Waals surface area contributed by atoms with Crippen molar-refractivity contribution in [2.24, 2.45) is 0 Å². The number of nitrogens with one attached hydrogen (secondary N) is 1. The normalized spacial score (nSPS) is 10.7. The van der Waals surface area contributed by atoms with Crippen LogP contribution in [0.1, 0.15) is 15.4 Å². The molecular formula is C21H17FN4O2S. The van der Waals surface area contributed by atoms with Gasteiger partial charge in [0.1, 0.15) is 11.6 Å². The number of carbonyl (C=O) groups is 1. The Balaban J connectivity index is 1.51. The Hall–Kier alpha value is -3.52. The van der Waals surface area contributed by atoms with Gasteiger partial charge in [-0.2, -0.15) is 5.10 Å². The van der Waals surface area contributed by atoms with Gasteiger partial charge in [-0.1, -0.05) is 0 Å². The van der Waals surface area contributed by atoms with Crippen molar-refractivity contribution in [3.63, 3.8) is 0 Å². The second kappa shape index (κ2) is 7.84. The van der Waals surface area contributed by atoms with Crippen LogP contribution in [0.3, 0.4) is 0 Å². The molecule has 2 heterocycles. The fraction of sp³-hybridized carbons (Fsp3) is 0.0952. The van der Waals surface area contributed by atoms with E-state index in [0.717, 1.165) is 21.9 Å². The molecule has 0 aliphatic carbocycles. The predicted octanol–water partition coefficient (Wildman–Crippen LogP) is 4.70. The lowest BCUT2D eigenvalue weighted by atomic mass is 10.1. The van der Waals surface area contributed by atoms with Crippen LogP contribution in [0.2, 0.25) is 0 Å². The molecule has 29 heavy (non-hydrogen) atoms. The molecule has 1 N–H and O–H groups in total. The summed E-state index contributed by atoms with van der Waals surface area (Å²) in [6.07, 6.45) is 1.65. The van der Waals surface area contributed by atoms with Gasteiger partial charge in [-0.15, -0.1) is 11.3 Å². The molecule has 2 aromatic carbocycles. The molecule has 4 aromatic rings. The number of aromatic nitrogens is 3. The van der Waals surface area contributed by atoms with E-state index in [1.54, 1.807) is 31.5 Å². The molecule has 0 fully saturated rings. The number of rotatable bonds is 5. The summed E-state index contributed by atoms with van der Waals surface area (Å²) < 4.78 is 19.8. The number of hydrogen-bond donors (Lipinski definition) is 1. The molecule has 2 aromatic heterocycles. The average Bonchev–Trinajstić information content (AvgIpc) is 3.36. The zero-order valence-electron chi connectivity index (χ0n) is 15.7. The first kappa shape index (κ1) is 18.8. The fourth-order valence-electron chi connectivity index (χ4n) is 2.81. The summed E-state index contributed by atoms with van der Waals surface area (Å²) in [5.41, 5.74) is 2.66. The molecule has 6 nitrogen and oxygen atoms in total. The van der Waals surface area contributed by atoms with Gasteiger partial charge in [0.05, 0.1) is 18.5 Å². The molecule has 0 bridgehead atoms. The Morgan fingerprint density at radius 3 is 2.52 bits per heavy atom. The molecule has 0 saturated carbocycles. The minimum atomic E-state index is -0.360. The third-order valence-electron chi connectivity index (χ3n) is 4.29. The largest absolute Gasteiger partial charge is 0.497 e. The standard InChI is InChI=1S/C21H17FN4O2S/c1-13-19(14-3-9-17(28-2)10-4-14)23-21(29-13)24-20(27)18-11-12-26(25-18)16-7-5-15(22)6-8-16/h3-12H,1-2H3,(H,23,24,27). The minimum Gasteiger partial charge on any atom is -0.497 e. The van der Waals surface area contributed by atoms with Gasteiger partial charge in [-0.25, -0.2) is 14.1 Å². The quantitative estimate of drug-likeness (QED) is 0.520. The summed E-state index contributed by atoms with van der Waals surface area (Å²) in [7, 11) is 1.62. The molecule has 0 saturated heterocycles. The number of hydrogen-bond acceptors (Lipinski definition) is 5. The SMILES string of the molecule is COc1ccc(-c2nc(NC(=O)c3ccn(-c4ccc(F)cc4)n3)sc2C)cc1. The van der Waals surface area contributed by atoms with Gasteiger partial charge < -0.3 is 4.74 Å². The summed E-state index contributed by atoms with van der Waals surface area (Å²) in [6, 6.07) is 15.1. The van der Waals surface area contributed by atoms with Crippen LogP contribution < -0.4 is 10.1 Å². The minimum absolute atomic E-state index is 0.244. The van der Waals surface area contributed by atoms with Crippen LogP contribution >= 0.6 is 11.3 Å². The number of thiazole rings is 1. The number of benzene rings is 2. The van der Waals surface area contributed by atoms with Gasteiger partial charge >= 0.3 is 0 Å². The summed E-state index contributed by atoms with van der Waals surface area (Å²) in [4.78, 5) is 18.1. The first-order valence-electron chi connectivity index (χ1n) is 8.78. The Labute approximate surface area is 170 Å². The number of amides is 1. The Bertz CT molecular complexity index is 1150. The maximum atomic E-state index is 13.1. The molecule has 0 atom stereocenters. The van der Waals surface area contributed by atoms with E-state index >= 15 is 0 Å². The van der Waals surface area contributed by atoms with Crippen molar-refractivity contribution < 1.29 is 13.9 Å². The molecule has 0 unspecified atom stereocenters. The number of methoxy groups -OCH3 is 1. The van der Waals surface area contributed by atoms with Crippen LogP contribution in [-0.4, -0.2) is 27.8 Å². The third kappa shape index (κ3) is 4.02. The lowest BCUT2D eigenvalue weighted by Crippen LogP contribution is -2.13. The second-order valence-corrected chi connectivity index (χ2v) is 7.43. The van der Waals surface area contributed by atoms with Gasteiger partial charge in [0, 0.05) is 16.6 Å². The summed E-state index contributed by atoms with van der Waals surface area (Å²) >= 11 is 1.40. The molecule has 8 heteroatoms. The van der Waals surface area contributed by atoms with Gasteiger partial charge in [0.25, 0.3) is 5.91 Å². The van der Waals surface area contributed by atoms with E-state index in [1.165, 1.54) is 28.2 Å². The summed E-state index contributed by atoms with van der Waals surface area (Å²) in [5.74, 6) is 0.0819. The highest BCUT2D eigenvalue weighted by Crippen LogP contribution is 2.31. The molecule has 1 amide bonds. The summed E-state index contributed by atoms with van der Waals surface area (Å²) in [6.45, 7) is 1.95. The maximum Gasteiger partial charge on any atom is 0.277 e. The highest BCUT2D eigenvalue weighted by molar-refractivity contribution is 7.16. The number of halogens is 1. The molecule has 0 aliphatic heterocycles. The second-order valence-electron chi connectivity index (χ2n) is 6.23. The van der Waals surface area contributed by atoms with Gasteiger partial charge in [0.2, 0.25) is 0 Å². The van der Waals surface area contributed by atoms with Crippen LogP contribution in [0.15, 0.2) is 60.8 Å². The topological polar surface area (TPSA) is 69.0 Å². The van der Waals surface area contributed by atoms with E-state index in [4.69, 9.17) is 4.74 Å². The van der Waals surface area contributed by atoms with Crippen molar-refractivity contribution in [3.05, 3.63) is 77.2 Å². The van der Waals surface area contributed by atoms with Crippen molar-refractivity contribution in [3.8, 4) is 22.7 Å². The fourth-order valence-corrected chi connectivity index (χ4v) is 3.64. The first-order valence-corrected chi connectivity index (χ1v) is 9.60. The molecule has 0 radical (unpaired) electrons. The van der Waals surface area contributed by atoms with Crippen molar-refractivity contribution in [2.75, 3.05) is 12.4 Å². The zero-order valence-corrected chi connectivity index (χ0v) is 16.5. The third-order valence-corrected chi connectivity index (χ3v) is 5.18. The highest BCUT2D eigenvalue weighted by atomic mass is 32.1. The lowest BCUT2D eigenvalue weighted by molar-refractivity contribution is 0.102. The van der Waals surface area contributed by atoms with E-state index in [0.29, 0.717) is 10.8 Å². The Morgan fingerprint density at radius 2 is 1.83 bits per heavy atom. The predicted molar refractivity (Wildman–Crippen MR) is 110 cm³/mol. The number of carbonyl (C=O) groups excluding carboxylic acids is 1. The van der Waals surface area contributed by atoms with Crippen molar-refractivity contribution >= 4 is 22.4 Å². The Morgan fingerprint density at radius 1 is 1.10 bits per heavy atom. The molecule has 146 valence electrons. The van der Waals surface area contributed by atoms with Crippen LogP contribution in [0.5, 0.6) is 5.75 Å². The van der Waals surface area contributed by atoms with Crippen molar-refractivity contribution in [2.45, 2.75) is 6.92 Å². The number of nitrogens with zero attached hydrogens (tertiary/aromatic N) is 3. The van der Waals surface area contributed by atoms with Crippen LogP contribution in [0.25, 0.3) is 16.9 Å². The lowest BCUT2D eigenvalue weighted by Gasteiger charge is -2.02. The van der Waals surface area contributed by atoms with E-state index < -0.39 is 0 Å². The van der Waals surface area contributed by atoms with Gasteiger partial charge in [0.15, 0.2) is 10.8 Å². The van der Waals surface area contributed by atoms with Gasteiger partial charge in [-0.3, -0.25) is 10.1 Å². The molecule has 0 spiro atoms. The maximum absolute atomic E-state index is 13.1. The Kier molecular flexibility index (Phi) is 5.09. The first-order chi connectivity index (χ1) is 14.0. The van der Waals surface area contributed by atoms with E-state index in [1.807, 2.05) is 31.2 Å². The number of aryl methyl sites for hydroxylation is 1. The summed E-state index contributed by atoms with van der Waals surface area (Å²) in [5, 5.41) is 7.55.